The van der Waals surface area contributed by atoms with Crippen molar-refractivity contribution in [3.05, 3.63) is 35.4 Å². The molecular formula is C22H36N4O2. The molecule has 28 heavy (non-hydrogen) atoms. The van der Waals surface area contributed by atoms with E-state index in [2.05, 4.69) is 20.9 Å². The predicted molar refractivity (Wildman–Crippen MR) is 115 cm³/mol. The first-order valence-corrected chi connectivity index (χ1v) is 10.7. The molecule has 1 amide bonds. The summed E-state index contributed by atoms with van der Waals surface area (Å²) in [7, 11) is 1.77. The van der Waals surface area contributed by atoms with Gasteiger partial charge in [-0.3, -0.25) is 9.79 Å². The third-order valence-electron chi connectivity index (χ3n) is 4.93. The molecule has 6 nitrogen and oxygen atoms in total. The van der Waals surface area contributed by atoms with Gasteiger partial charge >= 0.3 is 0 Å². The Bertz CT molecular complexity index is 612. The summed E-state index contributed by atoms with van der Waals surface area (Å²) in [6.45, 7) is 4.98. The molecule has 6 heteroatoms. The number of benzene rings is 1. The van der Waals surface area contributed by atoms with E-state index in [0.29, 0.717) is 24.8 Å². The summed E-state index contributed by atoms with van der Waals surface area (Å²) in [4.78, 5) is 16.4. The summed E-state index contributed by atoms with van der Waals surface area (Å²) < 4.78 is 5.95. The van der Waals surface area contributed by atoms with Crippen LogP contribution in [0, 0.1) is 0 Å². The molecule has 0 spiro atoms. The first-order chi connectivity index (χ1) is 13.7. The molecule has 1 aromatic carbocycles. The molecule has 1 fully saturated rings. The predicted octanol–water partition coefficient (Wildman–Crippen LogP) is 3.23. The van der Waals surface area contributed by atoms with Crippen LogP contribution < -0.4 is 16.0 Å². The van der Waals surface area contributed by atoms with Gasteiger partial charge < -0.3 is 20.7 Å². The van der Waals surface area contributed by atoms with E-state index < -0.39 is 0 Å². The zero-order valence-electron chi connectivity index (χ0n) is 17.4. The molecule has 0 heterocycles. The highest BCUT2D eigenvalue weighted by atomic mass is 16.5. The Hall–Kier alpha value is -2.08. The highest BCUT2D eigenvalue weighted by molar-refractivity contribution is 5.94. The number of carbonyl (C=O) groups excluding carboxylic acids is 1. The molecule has 3 N–H and O–H groups in total. The van der Waals surface area contributed by atoms with E-state index >= 15 is 0 Å². The number of nitrogens with zero attached hydrogens (tertiary/aromatic N) is 1. The van der Waals surface area contributed by atoms with Gasteiger partial charge in [-0.25, -0.2) is 0 Å². The highest BCUT2D eigenvalue weighted by Crippen LogP contribution is 2.20. The fraction of sp³-hybridized carbons (Fsp3) is 0.636. The van der Waals surface area contributed by atoms with Crippen molar-refractivity contribution in [2.24, 2.45) is 4.99 Å². The Morgan fingerprint density at radius 1 is 1.14 bits per heavy atom. The molecule has 0 saturated heterocycles. The average Bonchev–Trinajstić information content (AvgIpc) is 2.74. The first kappa shape index (κ1) is 22.2. The molecule has 1 aliphatic rings. The Balaban J connectivity index is 1.66. The number of guanidine groups is 1. The number of rotatable bonds is 10. The van der Waals surface area contributed by atoms with Gasteiger partial charge in [0.1, 0.15) is 0 Å². The smallest absolute Gasteiger partial charge is 0.251 e. The molecule has 2 rings (SSSR count). The standard InChI is InChI=1S/C22H36N4O2/c1-3-13-24-21(27)19-10-7-9-18(16-19)17-26-22(23-2)25-14-8-15-28-20-11-5-4-6-12-20/h7,9-10,16,20H,3-6,8,11-15,17H2,1-2H3,(H,24,27)(H2,23,25,26). The lowest BCUT2D eigenvalue weighted by Crippen LogP contribution is -2.37. The maximum atomic E-state index is 12.1. The van der Waals surface area contributed by atoms with Gasteiger partial charge in [0, 0.05) is 38.9 Å². The van der Waals surface area contributed by atoms with E-state index in [1.807, 2.05) is 31.2 Å². The lowest BCUT2D eigenvalue weighted by molar-refractivity contribution is 0.0277. The minimum absolute atomic E-state index is 0.0239. The van der Waals surface area contributed by atoms with Gasteiger partial charge in [-0.2, -0.15) is 0 Å². The van der Waals surface area contributed by atoms with Crippen LogP contribution in [-0.4, -0.2) is 44.7 Å². The van der Waals surface area contributed by atoms with Gasteiger partial charge in [0.05, 0.1) is 6.10 Å². The van der Waals surface area contributed by atoms with Crippen LogP contribution in [0.15, 0.2) is 29.3 Å². The molecule has 0 atom stereocenters. The number of carbonyl (C=O) groups is 1. The van der Waals surface area contributed by atoms with E-state index in [-0.39, 0.29) is 5.91 Å². The second-order valence-corrected chi connectivity index (χ2v) is 7.29. The monoisotopic (exact) mass is 388 g/mol. The molecule has 0 unspecified atom stereocenters. The van der Waals surface area contributed by atoms with Crippen molar-refractivity contribution < 1.29 is 9.53 Å². The van der Waals surface area contributed by atoms with Crippen LogP contribution >= 0.6 is 0 Å². The third kappa shape index (κ3) is 8.30. The van der Waals surface area contributed by atoms with Crippen LogP contribution in [-0.2, 0) is 11.3 Å². The van der Waals surface area contributed by atoms with Crippen molar-refractivity contribution >= 4 is 11.9 Å². The Labute approximate surface area is 169 Å². The molecule has 1 aliphatic carbocycles. The zero-order chi connectivity index (χ0) is 20.0. The SMILES string of the molecule is CCCNC(=O)c1cccc(CNC(=NC)NCCCOC2CCCCC2)c1. The molecule has 0 aliphatic heterocycles. The number of aliphatic imine (C=N–C) groups is 1. The van der Waals surface area contributed by atoms with Gasteiger partial charge in [-0.1, -0.05) is 38.3 Å². The molecular weight excluding hydrogens is 352 g/mol. The van der Waals surface area contributed by atoms with E-state index in [9.17, 15) is 4.79 Å². The van der Waals surface area contributed by atoms with Crippen molar-refractivity contribution in [2.45, 2.75) is 64.5 Å². The van der Waals surface area contributed by atoms with Crippen molar-refractivity contribution in [1.29, 1.82) is 0 Å². The van der Waals surface area contributed by atoms with Crippen molar-refractivity contribution in [2.75, 3.05) is 26.7 Å². The lowest BCUT2D eigenvalue weighted by Gasteiger charge is -2.22. The fourth-order valence-electron chi connectivity index (χ4n) is 3.33. The lowest BCUT2D eigenvalue weighted by atomic mass is 9.98. The number of amides is 1. The van der Waals surface area contributed by atoms with Gasteiger partial charge in [-0.05, 0) is 43.4 Å². The number of nitrogens with one attached hydrogen (secondary N) is 3. The van der Waals surface area contributed by atoms with Gasteiger partial charge in [0.15, 0.2) is 5.96 Å². The average molecular weight is 389 g/mol. The summed E-state index contributed by atoms with van der Waals surface area (Å²) >= 11 is 0. The zero-order valence-corrected chi connectivity index (χ0v) is 17.4. The van der Waals surface area contributed by atoms with E-state index in [1.165, 1.54) is 32.1 Å². The molecule has 0 radical (unpaired) electrons. The van der Waals surface area contributed by atoms with Crippen LogP contribution in [0.1, 0.15) is 67.8 Å². The summed E-state index contributed by atoms with van der Waals surface area (Å²) in [5.41, 5.74) is 1.74. The van der Waals surface area contributed by atoms with Crippen LogP contribution in [0.2, 0.25) is 0 Å². The molecule has 0 aromatic heterocycles. The van der Waals surface area contributed by atoms with Gasteiger partial charge in [-0.15, -0.1) is 0 Å². The van der Waals surface area contributed by atoms with E-state index in [0.717, 1.165) is 37.5 Å². The molecule has 1 aromatic rings. The summed E-state index contributed by atoms with van der Waals surface area (Å²) in [6.07, 6.45) is 8.76. The minimum Gasteiger partial charge on any atom is -0.378 e. The first-order valence-electron chi connectivity index (χ1n) is 10.7. The second-order valence-electron chi connectivity index (χ2n) is 7.29. The summed E-state index contributed by atoms with van der Waals surface area (Å²) in [5.74, 6) is 0.739. The van der Waals surface area contributed by atoms with Crippen molar-refractivity contribution in [3.63, 3.8) is 0 Å². The Morgan fingerprint density at radius 2 is 1.96 bits per heavy atom. The number of hydrogen-bond acceptors (Lipinski definition) is 3. The van der Waals surface area contributed by atoms with E-state index in [1.54, 1.807) is 7.05 Å². The molecule has 156 valence electrons. The minimum atomic E-state index is -0.0239. The maximum absolute atomic E-state index is 12.1. The highest BCUT2D eigenvalue weighted by Gasteiger charge is 2.13. The van der Waals surface area contributed by atoms with Crippen LogP contribution in [0.5, 0.6) is 0 Å². The topological polar surface area (TPSA) is 74.8 Å². The normalized spacial score (nSPS) is 15.3. The number of ether oxygens (including phenoxy) is 1. The largest absolute Gasteiger partial charge is 0.378 e. The molecule has 1 saturated carbocycles. The van der Waals surface area contributed by atoms with Crippen molar-refractivity contribution in [3.8, 4) is 0 Å². The van der Waals surface area contributed by atoms with E-state index in [4.69, 9.17) is 4.74 Å². The second kappa shape index (κ2) is 13.2. The van der Waals surface area contributed by atoms with Crippen molar-refractivity contribution in [1.82, 2.24) is 16.0 Å². The summed E-state index contributed by atoms with van der Waals surface area (Å²) in [5, 5.41) is 9.53. The number of hydrogen-bond donors (Lipinski definition) is 3. The third-order valence-corrected chi connectivity index (χ3v) is 4.93. The van der Waals surface area contributed by atoms with Crippen LogP contribution in [0.4, 0.5) is 0 Å². The fourth-order valence-corrected chi connectivity index (χ4v) is 3.33. The molecule has 0 bridgehead atoms. The quantitative estimate of drug-likeness (QED) is 0.327. The van der Waals surface area contributed by atoms with Gasteiger partial charge in [0.25, 0.3) is 5.91 Å². The van der Waals surface area contributed by atoms with Crippen LogP contribution in [0.25, 0.3) is 0 Å². The maximum Gasteiger partial charge on any atom is 0.251 e. The Kier molecular flexibility index (Phi) is 10.4. The Morgan fingerprint density at radius 3 is 2.71 bits per heavy atom. The van der Waals surface area contributed by atoms with Crippen LogP contribution in [0.3, 0.4) is 0 Å². The summed E-state index contributed by atoms with van der Waals surface area (Å²) in [6, 6.07) is 7.68. The van der Waals surface area contributed by atoms with Gasteiger partial charge in [0.2, 0.25) is 0 Å².